The summed E-state index contributed by atoms with van der Waals surface area (Å²) in [6.07, 6.45) is 0.690. The van der Waals surface area contributed by atoms with Crippen molar-refractivity contribution in [2.24, 2.45) is 0 Å². The third-order valence-electron chi connectivity index (χ3n) is 4.58. The number of amides is 2. The zero-order chi connectivity index (χ0) is 20.6. The fraction of sp³-hybridized carbons (Fsp3) is 0.333. The van der Waals surface area contributed by atoms with Crippen molar-refractivity contribution in [3.8, 4) is 11.5 Å². The van der Waals surface area contributed by atoms with Crippen molar-refractivity contribution in [1.29, 1.82) is 0 Å². The molecule has 0 unspecified atom stereocenters. The van der Waals surface area contributed by atoms with Crippen LogP contribution in [0.25, 0.3) is 0 Å². The SMILES string of the molecule is O=C(COc1ccccc1Cl)N1CCCN(C(=O)COc2ccccc2Cl)CC1. The standard InChI is InChI=1S/C21H22Cl2N2O4/c22-16-6-1-3-8-18(16)28-14-20(26)24-10-5-11-25(13-12-24)21(27)15-29-19-9-4-2-7-17(19)23/h1-4,6-9H,5,10-15H2. The molecule has 0 aliphatic carbocycles. The molecule has 1 fully saturated rings. The van der Waals surface area contributed by atoms with Crippen molar-refractivity contribution in [2.75, 3.05) is 39.4 Å². The lowest BCUT2D eigenvalue weighted by molar-refractivity contribution is -0.135. The molecule has 2 aromatic carbocycles. The number of halogens is 2. The summed E-state index contributed by atoms with van der Waals surface area (Å²) < 4.78 is 11.1. The molecule has 1 saturated heterocycles. The minimum Gasteiger partial charge on any atom is -0.482 e. The lowest BCUT2D eigenvalue weighted by Crippen LogP contribution is -2.40. The lowest BCUT2D eigenvalue weighted by Gasteiger charge is -2.22. The van der Waals surface area contributed by atoms with E-state index in [4.69, 9.17) is 32.7 Å². The van der Waals surface area contributed by atoms with E-state index in [9.17, 15) is 9.59 Å². The number of hydrogen-bond donors (Lipinski definition) is 0. The molecule has 1 aliphatic rings. The highest BCUT2D eigenvalue weighted by atomic mass is 35.5. The predicted molar refractivity (Wildman–Crippen MR) is 112 cm³/mol. The highest BCUT2D eigenvalue weighted by Crippen LogP contribution is 2.24. The number of nitrogens with zero attached hydrogens (tertiary/aromatic N) is 2. The van der Waals surface area contributed by atoms with Gasteiger partial charge in [0.25, 0.3) is 11.8 Å². The average molecular weight is 437 g/mol. The number of para-hydroxylation sites is 2. The van der Waals surface area contributed by atoms with Gasteiger partial charge in [-0.3, -0.25) is 9.59 Å². The molecule has 29 heavy (non-hydrogen) atoms. The van der Waals surface area contributed by atoms with Gasteiger partial charge in [0.2, 0.25) is 0 Å². The first-order chi connectivity index (χ1) is 14.0. The third kappa shape index (κ3) is 6.02. The van der Waals surface area contributed by atoms with Gasteiger partial charge in [0.05, 0.1) is 10.0 Å². The Labute approximate surface area is 179 Å². The highest BCUT2D eigenvalue weighted by Gasteiger charge is 2.23. The largest absolute Gasteiger partial charge is 0.482 e. The second-order valence-corrected chi connectivity index (χ2v) is 7.37. The zero-order valence-electron chi connectivity index (χ0n) is 15.9. The van der Waals surface area contributed by atoms with Gasteiger partial charge in [-0.05, 0) is 30.7 Å². The predicted octanol–water partition coefficient (Wildman–Crippen LogP) is 3.51. The summed E-state index contributed by atoms with van der Waals surface area (Å²) in [5, 5.41) is 0.929. The van der Waals surface area contributed by atoms with E-state index >= 15 is 0 Å². The highest BCUT2D eigenvalue weighted by molar-refractivity contribution is 6.32. The van der Waals surface area contributed by atoms with Gasteiger partial charge in [-0.1, -0.05) is 47.5 Å². The summed E-state index contributed by atoms with van der Waals surface area (Å²) >= 11 is 12.1. The Bertz CT molecular complexity index is 793. The summed E-state index contributed by atoms with van der Waals surface area (Å²) in [6, 6.07) is 14.1. The number of ether oxygens (including phenoxy) is 2. The Morgan fingerprint density at radius 1 is 0.724 bits per heavy atom. The van der Waals surface area contributed by atoms with E-state index in [-0.39, 0.29) is 25.0 Å². The molecule has 0 radical (unpaired) electrons. The van der Waals surface area contributed by atoms with E-state index in [0.717, 1.165) is 0 Å². The molecule has 0 aromatic heterocycles. The van der Waals surface area contributed by atoms with E-state index < -0.39 is 0 Å². The first-order valence-electron chi connectivity index (χ1n) is 9.35. The molecular formula is C21H22Cl2N2O4. The van der Waals surface area contributed by atoms with E-state index in [1.807, 2.05) is 0 Å². The zero-order valence-corrected chi connectivity index (χ0v) is 17.4. The Kier molecular flexibility index (Phi) is 7.61. The Hall–Kier alpha value is -2.44. The van der Waals surface area contributed by atoms with Crippen LogP contribution in [0.5, 0.6) is 11.5 Å². The average Bonchev–Trinajstić information content (AvgIpc) is 2.98. The van der Waals surface area contributed by atoms with Gasteiger partial charge in [0, 0.05) is 26.2 Å². The number of carbonyl (C=O) groups excluding carboxylic acids is 2. The van der Waals surface area contributed by atoms with Crippen molar-refractivity contribution in [3.05, 3.63) is 58.6 Å². The normalized spacial score (nSPS) is 14.3. The maximum absolute atomic E-state index is 12.5. The maximum atomic E-state index is 12.5. The molecule has 8 heteroatoms. The van der Waals surface area contributed by atoms with Crippen molar-refractivity contribution >= 4 is 35.0 Å². The molecule has 0 spiro atoms. The van der Waals surface area contributed by atoms with Gasteiger partial charge in [-0.25, -0.2) is 0 Å². The topological polar surface area (TPSA) is 59.1 Å². The first-order valence-corrected chi connectivity index (χ1v) is 10.1. The molecule has 0 N–H and O–H groups in total. The molecule has 2 amide bonds. The Balaban J connectivity index is 1.46. The lowest BCUT2D eigenvalue weighted by atomic mass is 10.3. The number of carbonyl (C=O) groups is 2. The van der Waals surface area contributed by atoms with Crippen LogP contribution in [0.1, 0.15) is 6.42 Å². The van der Waals surface area contributed by atoms with Crippen LogP contribution in [-0.2, 0) is 9.59 Å². The number of benzene rings is 2. The smallest absolute Gasteiger partial charge is 0.260 e. The maximum Gasteiger partial charge on any atom is 0.260 e. The molecule has 3 rings (SSSR count). The van der Waals surface area contributed by atoms with Crippen molar-refractivity contribution < 1.29 is 19.1 Å². The van der Waals surface area contributed by atoms with E-state index in [2.05, 4.69) is 0 Å². The molecule has 6 nitrogen and oxygen atoms in total. The van der Waals surface area contributed by atoms with Crippen LogP contribution in [0.3, 0.4) is 0 Å². The summed E-state index contributed by atoms with van der Waals surface area (Å²) in [5.41, 5.74) is 0. The van der Waals surface area contributed by atoms with Gasteiger partial charge in [0.1, 0.15) is 11.5 Å². The summed E-state index contributed by atoms with van der Waals surface area (Å²) in [4.78, 5) is 28.4. The number of rotatable bonds is 6. The van der Waals surface area contributed by atoms with Crippen LogP contribution >= 0.6 is 23.2 Å². The van der Waals surface area contributed by atoms with Crippen LogP contribution in [0, 0.1) is 0 Å². The molecule has 1 heterocycles. The van der Waals surface area contributed by atoms with Gasteiger partial charge in [-0.2, -0.15) is 0 Å². The second-order valence-electron chi connectivity index (χ2n) is 6.55. The van der Waals surface area contributed by atoms with E-state index in [0.29, 0.717) is 54.1 Å². The van der Waals surface area contributed by atoms with Crippen molar-refractivity contribution in [3.63, 3.8) is 0 Å². The molecule has 0 bridgehead atoms. The van der Waals surface area contributed by atoms with Crippen LogP contribution in [0.2, 0.25) is 10.0 Å². The summed E-state index contributed by atoms with van der Waals surface area (Å²) in [6.45, 7) is 1.85. The summed E-state index contributed by atoms with van der Waals surface area (Å²) in [5.74, 6) is 0.690. The minimum absolute atomic E-state index is 0.0900. The van der Waals surface area contributed by atoms with E-state index in [1.165, 1.54) is 0 Å². The minimum atomic E-state index is -0.133. The van der Waals surface area contributed by atoms with E-state index in [1.54, 1.807) is 58.3 Å². The Morgan fingerprint density at radius 3 is 1.55 bits per heavy atom. The van der Waals surface area contributed by atoms with Crippen molar-refractivity contribution in [1.82, 2.24) is 9.80 Å². The molecule has 154 valence electrons. The fourth-order valence-electron chi connectivity index (χ4n) is 3.00. The third-order valence-corrected chi connectivity index (χ3v) is 5.20. The van der Waals surface area contributed by atoms with Gasteiger partial charge in [-0.15, -0.1) is 0 Å². The molecular weight excluding hydrogens is 415 g/mol. The van der Waals surface area contributed by atoms with Crippen LogP contribution < -0.4 is 9.47 Å². The van der Waals surface area contributed by atoms with Crippen LogP contribution in [-0.4, -0.2) is 61.0 Å². The van der Waals surface area contributed by atoms with Gasteiger partial charge < -0.3 is 19.3 Å². The monoisotopic (exact) mass is 436 g/mol. The molecule has 1 aliphatic heterocycles. The quantitative estimate of drug-likeness (QED) is 0.694. The molecule has 0 atom stereocenters. The first kappa shape index (κ1) is 21.3. The molecule has 0 saturated carbocycles. The van der Waals surface area contributed by atoms with Crippen LogP contribution in [0.4, 0.5) is 0 Å². The van der Waals surface area contributed by atoms with Crippen LogP contribution in [0.15, 0.2) is 48.5 Å². The fourth-order valence-corrected chi connectivity index (χ4v) is 3.38. The Morgan fingerprint density at radius 2 is 1.14 bits per heavy atom. The summed E-state index contributed by atoms with van der Waals surface area (Å²) in [7, 11) is 0. The number of hydrogen-bond acceptors (Lipinski definition) is 4. The van der Waals surface area contributed by atoms with Gasteiger partial charge >= 0.3 is 0 Å². The van der Waals surface area contributed by atoms with Crippen molar-refractivity contribution in [2.45, 2.75) is 6.42 Å². The molecule has 2 aromatic rings. The van der Waals surface area contributed by atoms with Gasteiger partial charge in [0.15, 0.2) is 13.2 Å². The second kappa shape index (κ2) is 10.4.